The van der Waals surface area contributed by atoms with Gasteiger partial charge in [0.05, 0.1) is 0 Å². The highest BCUT2D eigenvalue weighted by molar-refractivity contribution is 7.85. The lowest BCUT2D eigenvalue weighted by atomic mass is 10.0. The van der Waals surface area contributed by atoms with E-state index in [1.807, 2.05) is 50.4 Å². The number of rotatable bonds is 2. The first-order valence-corrected chi connectivity index (χ1v) is 9.97. The Bertz CT molecular complexity index is 779. The molecular formula is C19H23N3O2S. The predicted octanol–water partition coefficient (Wildman–Crippen LogP) is 3.43. The van der Waals surface area contributed by atoms with Crippen LogP contribution in [0.5, 0.6) is 0 Å². The first kappa shape index (κ1) is 17.6. The molecule has 25 heavy (non-hydrogen) atoms. The summed E-state index contributed by atoms with van der Waals surface area (Å²) in [6.07, 6.45) is 4.32. The number of benzene rings is 1. The minimum Gasteiger partial charge on any atom is -0.321 e. The van der Waals surface area contributed by atoms with Gasteiger partial charge in [0.2, 0.25) is 0 Å². The van der Waals surface area contributed by atoms with Crippen LogP contribution in [0.25, 0.3) is 11.1 Å². The van der Waals surface area contributed by atoms with Crippen molar-refractivity contribution in [2.45, 2.75) is 26.3 Å². The van der Waals surface area contributed by atoms with Gasteiger partial charge in [-0.3, -0.25) is 9.19 Å². The van der Waals surface area contributed by atoms with Crippen molar-refractivity contribution >= 4 is 22.5 Å². The zero-order valence-corrected chi connectivity index (χ0v) is 15.4. The molecule has 0 aliphatic carbocycles. The van der Waals surface area contributed by atoms with Crippen LogP contribution in [0.4, 0.5) is 10.5 Å². The number of anilines is 1. The molecule has 0 saturated carbocycles. The molecule has 1 saturated heterocycles. The van der Waals surface area contributed by atoms with Gasteiger partial charge in [0.25, 0.3) is 0 Å². The molecule has 0 radical (unpaired) electrons. The SMILES string of the molecule is Cc1ccc(-c2cccnc2)cc1NC(=O)N1CCS(=O)CCC1C. The van der Waals surface area contributed by atoms with Gasteiger partial charge < -0.3 is 10.2 Å². The number of hydrogen-bond donors (Lipinski definition) is 1. The van der Waals surface area contributed by atoms with Crippen LogP contribution >= 0.6 is 0 Å². The Balaban J connectivity index is 1.80. The van der Waals surface area contributed by atoms with Gasteiger partial charge in [-0.1, -0.05) is 18.2 Å². The zero-order chi connectivity index (χ0) is 17.8. The van der Waals surface area contributed by atoms with Crippen molar-refractivity contribution in [3.8, 4) is 11.1 Å². The average Bonchev–Trinajstić information content (AvgIpc) is 2.79. The Labute approximate surface area is 150 Å². The molecule has 2 unspecified atom stereocenters. The third-order valence-corrected chi connectivity index (χ3v) is 5.92. The van der Waals surface area contributed by atoms with Crippen LogP contribution in [0.15, 0.2) is 42.7 Å². The van der Waals surface area contributed by atoms with Crippen LogP contribution < -0.4 is 5.32 Å². The number of aryl methyl sites for hydroxylation is 1. The standard InChI is InChI=1S/C19H23N3O2S/c1-14-5-6-16(17-4-3-8-20-13-17)12-18(14)21-19(23)22-9-11-25(24)10-7-15(22)2/h3-6,8,12-13,15H,7,9-11H2,1-2H3,(H,21,23). The van der Waals surface area contributed by atoms with E-state index >= 15 is 0 Å². The molecule has 2 heterocycles. The number of carbonyl (C=O) groups excluding carboxylic acids is 1. The maximum absolute atomic E-state index is 12.7. The smallest absolute Gasteiger partial charge is 0.321 e. The third kappa shape index (κ3) is 4.25. The monoisotopic (exact) mass is 357 g/mol. The van der Waals surface area contributed by atoms with Gasteiger partial charge in [-0.05, 0) is 43.5 Å². The lowest BCUT2D eigenvalue weighted by molar-refractivity contribution is 0.197. The number of urea groups is 1. The fourth-order valence-electron chi connectivity index (χ4n) is 2.94. The van der Waals surface area contributed by atoms with Gasteiger partial charge in [-0.15, -0.1) is 0 Å². The molecule has 132 valence electrons. The molecule has 0 spiro atoms. The highest BCUT2D eigenvalue weighted by Crippen LogP contribution is 2.25. The van der Waals surface area contributed by atoms with E-state index in [1.54, 1.807) is 11.1 Å². The topological polar surface area (TPSA) is 62.3 Å². The van der Waals surface area contributed by atoms with E-state index in [4.69, 9.17) is 0 Å². The highest BCUT2D eigenvalue weighted by Gasteiger charge is 2.24. The molecule has 1 aliphatic heterocycles. The van der Waals surface area contributed by atoms with E-state index in [0.717, 1.165) is 28.8 Å². The normalized spacial score (nSPS) is 20.8. The molecule has 2 aromatic rings. The summed E-state index contributed by atoms with van der Waals surface area (Å²) in [5.41, 5.74) is 3.83. The minimum absolute atomic E-state index is 0.0910. The second kappa shape index (κ2) is 7.78. The molecule has 1 aromatic heterocycles. The predicted molar refractivity (Wildman–Crippen MR) is 102 cm³/mol. The summed E-state index contributed by atoms with van der Waals surface area (Å²) in [5.74, 6) is 1.22. The van der Waals surface area contributed by atoms with Crippen molar-refractivity contribution in [3.63, 3.8) is 0 Å². The van der Waals surface area contributed by atoms with Crippen molar-refractivity contribution in [1.82, 2.24) is 9.88 Å². The Morgan fingerprint density at radius 2 is 2.12 bits per heavy atom. The van der Waals surface area contributed by atoms with E-state index in [1.165, 1.54) is 0 Å². The number of carbonyl (C=O) groups is 1. The summed E-state index contributed by atoms with van der Waals surface area (Å²) in [5, 5.41) is 3.03. The molecule has 1 N–H and O–H groups in total. The Morgan fingerprint density at radius 3 is 2.88 bits per heavy atom. The number of nitrogens with one attached hydrogen (secondary N) is 1. The fraction of sp³-hybridized carbons (Fsp3) is 0.368. The molecule has 5 nitrogen and oxygen atoms in total. The summed E-state index contributed by atoms with van der Waals surface area (Å²) in [6, 6.07) is 9.86. The maximum Gasteiger partial charge on any atom is 0.322 e. The summed E-state index contributed by atoms with van der Waals surface area (Å²) in [7, 11) is -0.824. The summed E-state index contributed by atoms with van der Waals surface area (Å²) in [4.78, 5) is 18.7. The zero-order valence-electron chi connectivity index (χ0n) is 14.6. The van der Waals surface area contributed by atoms with Crippen molar-refractivity contribution in [2.24, 2.45) is 0 Å². The minimum atomic E-state index is -0.824. The number of amides is 2. The first-order chi connectivity index (χ1) is 12.0. The molecular weight excluding hydrogens is 334 g/mol. The maximum atomic E-state index is 12.7. The second-order valence-corrected chi connectivity index (χ2v) is 8.08. The molecule has 2 amide bonds. The van der Waals surface area contributed by atoms with E-state index in [9.17, 15) is 9.00 Å². The number of hydrogen-bond acceptors (Lipinski definition) is 3. The Hall–Kier alpha value is -2.21. The van der Waals surface area contributed by atoms with Crippen LogP contribution in [0.3, 0.4) is 0 Å². The van der Waals surface area contributed by atoms with E-state index in [0.29, 0.717) is 18.1 Å². The van der Waals surface area contributed by atoms with Gasteiger partial charge in [0.15, 0.2) is 0 Å². The molecule has 0 bridgehead atoms. The highest BCUT2D eigenvalue weighted by atomic mass is 32.2. The largest absolute Gasteiger partial charge is 0.322 e. The van der Waals surface area contributed by atoms with E-state index in [2.05, 4.69) is 10.3 Å². The molecule has 1 fully saturated rings. The van der Waals surface area contributed by atoms with Gasteiger partial charge in [-0.2, -0.15) is 0 Å². The molecule has 6 heteroatoms. The lowest BCUT2D eigenvalue weighted by Crippen LogP contribution is -2.42. The van der Waals surface area contributed by atoms with Crippen molar-refractivity contribution in [1.29, 1.82) is 0 Å². The van der Waals surface area contributed by atoms with Gasteiger partial charge >= 0.3 is 6.03 Å². The number of aromatic nitrogens is 1. The van der Waals surface area contributed by atoms with Crippen molar-refractivity contribution in [2.75, 3.05) is 23.4 Å². The third-order valence-electron chi connectivity index (χ3n) is 4.59. The van der Waals surface area contributed by atoms with Gasteiger partial charge in [0.1, 0.15) is 0 Å². The lowest BCUT2D eigenvalue weighted by Gasteiger charge is -2.27. The molecule has 1 aliphatic rings. The summed E-state index contributed by atoms with van der Waals surface area (Å²) < 4.78 is 11.8. The van der Waals surface area contributed by atoms with Crippen LogP contribution in [-0.2, 0) is 10.8 Å². The summed E-state index contributed by atoms with van der Waals surface area (Å²) >= 11 is 0. The second-order valence-electron chi connectivity index (χ2n) is 6.38. The van der Waals surface area contributed by atoms with Crippen molar-refractivity contribution in [3.05, 3.63) is 48.3 Å². The van der Waals surface area contributed by atoms with Crippen LogP contribution in [0, 0.1) is 6.92 Å². The van der Waals surface area contributed by atoms with Crippen molar-refractivity contribution < 1.29 is 9.00 Å². The molecule has 1 aromatic carbocycles. The van der Waals surface area contributed by atoms with E-state index in [-0.39, 0.29) is 12.1 Å². The number of nitrogens with zero attached hydrogens (tertiary/aromatic N) is 2. The number of pyridine rings is 1. The van der Waals surface area contributed by atoms with Crippen LogP contribution in [0.1, 0.15) is 18.9 Å². The summed E-state index contributed by atoms with van der Waals surface area (Å²) in [6.45, 7) is 4.52. The molecule has 3 rings (SSSR count). The van der Waals surface area contributed by atoms with E-state index < -0.39 is 10.8 Å². The Kier molecular flexibility index (Phi) is 5.48. The van der Waals surface area contributed by atoms with Gasteiger partial charge in [0, 0.05) is 58.5 Å². The first-order valence-electron chi connectivity index (χ1n) is 8.48. The molecule has 2 atom stereocenters. The average molecular weight is 357 g/mol. The Morgan fingerprint density at radius 1 is 1.28 bits per heavy atom. The fourth-order valence-corrected chi connectivity index (χ4v) is 4.15. The van der Waals surface area contributed by atoms with Gasteiger partial charge in [-0.25, -0.2) is 4.79 Å². The quantitative estimate of drug-likeness (QED) is 0.896. The van der Waals surface area contributed by atoms with Crippen LogP contribution in [-0.4, -0.2) is 44.2 Å². The van der Waals surface area contributed by atoms with Crippen LogP contribution in [0.2, 0.25) is 0 Å².